The van der Waals surface area contributed by atoms with Crippen LogP contribution in [0.2, 0.25) is 0 Å². The summed E-state index contributed by atoms with van der Waals surface area (Å²) >= 11 is 23.6. The van der Waals surface area contributed by atoms with E-state index in [1.54, 1.807) is 9.34 Å². The molecule has 0 saturated carbocycles. The summed E-state index contributed by atoms with van der Waals surface area (Å²) in [5.74, 6) is 1.22. The molecule has 0 spiro atoms. The molecule has 0 bridgehead atoms. The van der Waals surface area contributed by atoms with Crippen molar-refractivity contribution < 1.29 is 18.6 Å². The van der Waals surface area contributed by atoms with Crippen LogP contribution in [0.5, 0.6) is 0 Å². The first-order valence-corrected chi connectivity index (χ1v) is 12.4. The number of hydrogen-bond acceptors (Lipinski definition) is 4. The molecule has 0 aromatic rings. The molecule has 6 nitrogen and oxygen atoms in total. The van der Waals surface area contributed by atoms with Gasteiger partial charge in [-0.25, -0.2) is 9.34 Å². The van der Waals surface area contributed by atoms with Gasteiger partial charge in [0.2, 0.25) is 0 Å². The predicted octanol–water partition coefficient (Wildman–Crippen LogP) is 4.46. The average molecular weight is 476 g/mol. The topological polar surface area (TPSA) is 51.2 Å². The molecule has 0 fully saturated rings. The van der Waals surface area contributed by atoms with E-state index in [2.05, 4.69) is 0 Å². The van der Waals surface area contributed by atoms with Crippen LogP contribution in [0, 0.1) is 0 Å². The van der Waals surface area contributed by atoms with Crippen LogP contribution in [-0.2, 0) is 18.6 Å². The SMILES string of the molecule is CCOC(CCOP(=O)(N(CCCl)CCCl)N(CCCl)CCCl)OCC. The van der Waals surface area contributed by atoms with Gasteiger partial charge in [0.1, 0.15) is 0 Å². The van der Waals surface area contributed by atoms with Crippen molar-refractivity contribution in [1.82, 2.24) is 9.34 Å². The summed E-state index contributed by atoms with van der Waals surface area (Å²) < 4.78 is 34.1. The highest BCUT2D eigenvalue weighted by Gasteiger charge is 2.38. The van der Waals surface area contributed by atoms with Gasteiger partial charge in [0.25, 0.3) is 0 Å². The van der Waals surface area contributed by atoms with E-state index in [0.717, 1.165) is 0 Å². The van der Waals surface area contributed by atoms with Gasteiger partial charge in [0.05, 0.1) is 6.61 Å². The van der Waals surface area contributed by atoms with Crippen LogP contribution in [0.4, 0.5) is 0 Å². The molecule has 0 unspecified atom stereocenters. The molecule has 0 N–H and O–H groups in total. The smallest absolute Gasteiger partial charge is 0.346 e. The largest absolute Gasteiger partial charge is 0.353 e. The van der Waals surface area contributed by atoms with Crippen molar-refractivity contribution in [3.05, 3.63) is 0 Å². The van der Waals surface area contributed by atoms with Gasteiger partial charge in [-0.2, -0.15) is 0 Å². The first-order valence-electron chi connectivity index (χ1n) is 8.76. The van der Waals surface area contributed by atoms with Gasteiger partial charge in [-0.05, 0) is 13.8 Å². The Hall–Kier alpha value is 1.19. The predicted molar refractivity (Wildman–Crippen MR) is 111 cm³/mol. The van der Waals surface area contributed by atoms with E-state index in [0.29, 0.717) is 69.3 Å². The lowest BCUT2D eigenvalue weighted by Crippen LogP contribution is -2.37. The molecule has 158 valence electrons. The van der Waals surface area contributed by atoms with Crippen molar-refractivity contribution >= 4 is 54.1 Å². The van der Waals surface area contributed by atoms with Crippen molar-refractivity contribution in [2.24, 2.45) is 0 Å². The fourth-order valence-corrected chi connectivity index (χ4v) is 6.04. The first-order chi connectivity index (χ1) is 12.5. The zero-order valence-corrected chi connectivity index (χ0v) is 19.5. The van der Waals surface area contributed by atoms with E-state index in [-0.39, 0.29) is 6.61 Å². The molecule has 0 aliphatic rings. The Balaban J connectivity index is 5.24. The van der Waals surface area contributed by atoms with Gasteiger partial charge < -0.3 is 14.0 Å². The molecule has 0 amide bonds. The van der Waals surface area contributed by atoms with E-state index in [9.17, 15) is 4.57 Å². The molecule has 0 aromatic carbocycles. The van der Waals surface area contributed by atoms with Crippen molar-refractivity contribution in [1.29, 1.82) is 0 Å². The summed E-state index contributed by atoms with van der Waals surface area (Å²) in [6.45, 7) is 6.56. The van der Waals surface area contributed by atoms with Crippen LogP contribution in [0.25, 0.3) is 0 Å². The molecule has 11 heteroatoms. The lowest BCUT2D eigenvalue weighted by molar-refractivity contribution is -0.143. The minimum Gasteiger partial charge on any atom is -0.353 e. The number of rotatable bonds is 18. The summed E-state index contributed by atoms with van der Waals surface area (Å²) in [5.41, 5.74) is 0. The zero-order chi connectivity index (χ0) is 19.8. The van der Waals surface area contributed by atoms with Gasteiger partial charge in [-0.1, -0.05) is 0 Å². The summed E-state index contributed by atoms with van der Waals surface area (Å²) in [7, 11) is -3.38. The molecular formula is C15H31Cl4N2O4P. The molecular weight excluding hydrogens is 445 g/mol. The van der Waals surface area contributed by atoms with Gasteiger partial charge >= 0.3 is 7.67 Å². The summed E-state index contributed by atoms with van der Waals surface area (Å²) in [6, 6.07) is 0. The highest BCUT2D eigenvalue weighted by atomic mass is 35.5. The van der Waals surface area contributed by atoms with E-state index in [4.69, 9.17) is 60.4 Å². The Bertz CT molecular complexity index is 348. The maximum atomic E-state index is 13.8. The minimum absolute atomic E-state index is 0.198. The minimum atomic E-state index is -3.38. The maximum Gasteiger partial charge on any atom is 0.346 e. The monoisotopic (exact) mass is 474 g/mol. The number of hydrogen-bond donors (Lipinski definition) is 0. The Morgan fingerprint density at radius 2 is 1.19 bits per heavy atom. The molecule has 26 heavy (non-hydrogen) atoms. The molecule has 0 aliphatic heterocycles. The molecule has 0 aliphatic carbocycles. The normalized spacial score (nSPS) is 12.7. The maximum absolute atomic E-state index is 13.8. The van der Waals surface area contributed by atoms with Crippen molar-refractivity contribution in [3.63, 3.8) is 0 Å². The standard InChI is InChI=1S/C15H31Cl4N2O4P/c1-3-23-15(24-4-2)5-14-25-26(22,20(10-6-16)11-7-17)21(12-8-18)13-9-19/h15H,3-14H2,1-2H3. The molecule has 0 saturated heterocycles. The second-order valence-corrected chi connectivity index (χ2v) is 9.00. The highest BCUT2D eigenvalue weighted by molar-refractivity contribution is 7.54. The quantitative estimate of drug-likeness (QED) is 0.166. The lowest BCUT2D eigenvalue weighted by atomic mass is 10.4. The molecule has 0 heterocycles. The number of ether oxygens (including phenoxy) is 2. The highest BCUT2D eigenvalue weighted by Crippen LogP contribution is 2.54. The Morgan fingerprint density at radius 3 is 1.50 bits per heavy atom. The second-order valence-electron chi connectivity index (χ2n) is 5.12. The van der Waals surface area contributed by atoms with Crippen LogP contribution in [0.3, 0.4) is 0 Å². The van der Waals surface area contributed by atoms with Gasteiger partial charge in [-0.15, -0.1) is 46.4 Å². The first kappa shape index (κ1) is 27.2. The summed E-state index contributed by atoms with van der Waals surface area (Å²) in [4.78, 5) is 0. The fourth-order valence-electron chi connectivity index (χ4n) is 2.32. The van der Waals surface area contributed by atoms with Crippen molar-refractivity contribution in [2.75, 3.05) is 69.5 Å². The van der Waals surface area contributed by atoms with Crippen LogP contribution in [0.1, 0.15) is 20.3 Å². The van der Waals surface area contributed by atoms with Crippen LogP contribution in [0.15, 0.2) is 0 Å². The van der Waals surface area contributed by atoms with E-state index < -0.39 is 14.0 Å². The summed E-state index contributed by atoms with van der Waals surface area (Å²) in [5, 5.41) is 0. The van der Waals surface area contributed by atoms with E-state index in [1.807, 2.05) is 13.8 Å². The number of halogens is 4. The van der Waals surface area contributed by atoms with Gasteiger partial charge in [0.15, 0.2) is 6.29 Å². The lowest BCUT2D eigenvalue weighted by Gasteiger charge is -2.37. The van der Waals surface area contributed by atoms with Gasteiger partial charge in [0, 0.05) is 69.3 Å². The zero-order valence-electron chi connectivity index (χ0n) is 15.5. The Labute approximate surface area is 177 Å². The average Bonchev–Trinajstić information content (AvgIpc) is 2.61. The third-order valence-electron chi connectivity index (χ3n) is 3.40. The number of nitrogens with zero attached hydrogens (tertiary/aromatic N) is 2. The second kappa shape index (κ2) is 17.1. The Morgan fingerprint density at radius 1 is 0.808 bits per heavy atom. The van der Waals surface area contributed by atoms with Crippen LogP contribution >= 0.6 is 54.1 Å². The summed E-state index contributed by atoms with van der Waals surface area (Å²) in [6.07, 6.45) is 0.0547. The van der Waals surface area contributed by atoms with E-state index in [1.165, 1.54) is 0 Å². The fraction of sp³-hybridized carbons (Fsp3) is 1.00. The van der Waals surface area contributed by atoms with Crippen LogP contribution in [-0.4, -0.2) is 85.2 Å². The molecule has 0 aromatic heterocycles. The van der Waals surface area contributed by atoms with Gasteiger partial charge in [-0.3, -0.25) is 4.57 Å². The molecule has 0 rings (SSSR count). The third-order valence-corrected chi connectivity index (χ3v) is 6.83. The van der Waals surface area contributed by atoms with Crippen LogP contribution < -0.4 is 0 Å². The van der Waals surface area contributed by atoms with Crippen molar-refractivity contribution in [2.45, 2.75) is 26.6 Å². The molecule has 0 radical (unpaired) electrons. The van der Waals surface area contributed by atoms with E-state index >= 15 is 0 Å². The Kier molecular flexibility index (Phi) is 17.9. The number of alkyl halides is 4. The molecule has 0 atom stereocenters. The van der Waals surface area contributed by atoms with Crippen molar-refractivity contribution in [3.8, 4) is 0 Å². The third kappa shape index (κ3) is 10.1.